The van der Waals surface area contributed by atoms with E-state index in [9.17, 15) is 0 Å². The molecule has 1 unspecified atom stereocenters. The Morgan fingerprint density at radius 3 is 2.55 bits per heavy atom. The molecule has 1 aliphatic rings. The van der Waals surface area contributed by atoms with Gasteiger partial charge in [-0.3, -0.25) is 0 Å². The number of rotatable bonds is 5. The van der Waals surface area contributed by atoms with Gasteiger partial charge in [-0.15, -0.1) is 0 Å². The second-order valence-corrected chi connectivity index (χ2v) is 5.48. The van der Waals surface area contributed by atoms with E-state index in [-0.39, 0.29) is 6.04 Å². The molecule has 1 N–H and O–H groups in total. The highest BCUT2D eigenvalue weighted by Crippen LogP contribution is 2.20. The first kappa shape index (κ1) is 13.3. The van der Waals surface area contributed by atoms with E-state index in [2.05, 4.69) is 41.4 Å². The van der Waals surface area contributed by atoms with E-state index in [1.54, 1.807) is 6.26 Å². The average molecular weight is 270 g/mol. The highest BCUT2D eigenvalue weighted by molar-refractivity contribution is 5.48. The van der Waals surface area contributed by atoms with Crippen LogP contribution in [0.3, 0.4) is 0 Å². The molecule has 1 atom stereocenters. The summed E-state index contributed by atoms with van der Waals surface area (Å²) in [6.45, 7) is 5.39. The molecule has 1 aromatic heterocycles. The molecular weight excluding hydrogens is 248 g/mol. The average Bonchev–Trinajstić information content (AvgIpc) is 3.18. The summed E-state index contributed by atoms with van der Waals surface area (Å²) in [7, 11) is 0. The Hall–Kier alpha value is -1.74. The van der Waals surface area contributed by atoms with Crippen LogP contribution in [-0.4, -0.2) is 13.1 Å². The molecule has 0 spiro atoms. The molecule has 2 aromatic rings. The second-order valence-electron chi connectivity index (χ2n) is 5.48. The van der Waals surface area contributed by atoms with Gasteiger partial charge in [0.1, 0.15) is 5.76 Å². The molecule has 1 aromatic carbocycles. The molecule has 20 heavy (non-hydrogen) atoms. The lowest BCUT2D eigenvalue weighted by Crippen LogP contribution is -2.19. The van der Waals surface area contributed by atoms with Crippen LogP contribution in [0.1, 0.15) is 37.1 Å². The van der Waals surface area contributed by atoms with Crippen molar-refractivity contribution in [2.45, 2.75) is 32.4 Å². The molecule has 0 amide bonds. The minimum absolute atomic E-state index is 0.239. The Morgan fingerprint density at radius 2 is 1.90 bits per heavy atom. The number of anilines is 1. The zero-order chi connectivity index (χ0) is 13.8. The minimum Gasteiger partial charge on any atom is -0.468 e. The van der Waals surface area contributed by atoms with Crippen LogP contribution < -0.4 is 10.2 Å². The van der Waals surface area contributed by atoms with Crippen molar-refractivity contribution in [3.05, 3.63) is 54.0 Å². The lowest BCUT2D eigenvalue weighted by molar-refractivity contribution is 0.430. The molecule has 0 bridgehead atoms. The number of furan rings is 1. The smallest absolute Gasteiger partial charge is 0.120 e. The van der Waals surface area contributed by atoms with Crippen molar-refractivity contribution < 1.29 is 4.42 Å². The summed E-state index contributed by atoms with van der Waals surface area (Å²) in [5, 5.41) is 3.48. The maximum absolute atomic E-state index is 5.40. The molecular formula is C17H22N2O. The van der Waals surface area contributed by atoms with Crippen molar-refractivity contribution in [2.24, 2.45) is 0 Å². The fourth-order valence-corrected chi connectivity index (χ4v) is 2.71. The highest BCUT2D eigenvalue weighted by atomic mass is 16.3. The monoisotopic (exact) mass is 270 g/mol. The van der Waals surface area contributed by atoms with E-state index >= 15 is 0 Å². The van der Waals surface area contributed by atoms with Crippen molar-refractivity contribution in [1.29, 1.82) is 0 Å². The van der Waals surface area contributed by atoms with E-state index in [0.29, 0.717) is 0 Å². The first-order chi connectivity index (χ1) is 9.83. The first-order valence-corrected chi connectivity index (χ1v) is 7.43. The fraction of sp³-hybridized carbons (Fsp3) is 0.412. The highest BCUT2D eigenvalue weighted by Gasteiger charge is 2.12. The van der Waals surface area contributed by atoms with Crippen LogP contribution in [0, 0.1) is 0 Å². The number of benzene rings is 1. The first-order valence-electron chi connectivity index (χ1n) is 7.43. The molecule has 1 aliphatic heterocycles. The lowest BCUT2D eigenvalue weighted by atomic mass is 10.1. The Labute approximate surface area is 120 Å². The molecule has 1 fully saturated rings. The van der Waals surface area contributed by atoms with Crippen LogP contribution in [-0.2, 0) is 6.54 Å². The van der Waals surface area contributed by atoms with E-state index in [0.717, 1.165) is 12.3 Å². The van der Waals surface area contributed by atoms with E-state index in [1.165, 1.54) is 37.2 Å². The van der Waals surface area contributed by atoms with Crippen LogP contribution in [0.5, 0.6) is 0 Å². The summed E-state index contributed by atoms with van der Waals surface area (Å²) < 4.78 is 5.40. The van der Waals surface area contributed by atoms with Crippen LogP contribution in [0.4, 0.5) is 5.69 Å². The molecule has 0 aliphatic carbocycles. The number of nitrogens with one attached hydrogen (secondary N) is 1. The van der Waals surface area contributed by atoms with Gasteiger partial charge in [-0.25, -0.2) is 0 Å². The SMILES string of the molecule is CC(NCc1ccc(N2CCCC2)cc1)c1ccco1. The van der Waals surface area contributed by atoms with Gasteiger partial charge in [-0.05, 0) is 49.6 Å². The summed E-state index contributed by atoms with van der Waals surface area (Å²) in [5.74, 6) is 0.985. The molecule has 1 saturated heterocycles. The largest absolute Gasteiger partial charge is 0.468 e. The summed E-state index contributed by atoms with van der Waals surface area (Å²) >= 11 is 0. The lowest BCUT2D eigenvalue weighted by Gasteiger charge is -2.18. The zero-order valence-corrected chi connectivity index (χ0v) is 12.0. The second kappa shape index (κ2) is 6.14. The van der Waals surface area contributed by atoms with Gasteiger partial charge in [0, 0.05) is 25.3 Å². The molecule has 2 heterocycles. The van der Waals surface area contributed by atoms with Gasteiger partial charge in [0.05, 0.1) is 12.3 Å². The predicted octanol–water partition coefficient (Wildman–Crippen LogP) is 3.73. The van der Waals surface area contributed by atoms with Crippen LogP contribution in [0.15, 0.2) is 47.1 Å². The third-order valence-corrected chi connectivity index (χ3v) is 3.99. The minimum atomic E-state index is 0.239. The van der Waals surface area contributed by atoms with Gasteiger partial charge in [-0.1, -0.05) is 12.1 Å². The summed E-state index contributed by atoms with van der Waals surface area (Å²) in [6, 6.07) is 13.1. The topological polar surface area (TPSA) is 28.4 Å². The molecule has 0 radical (unpaired) electrons. The predicted molar refractivity (Wildman–Crippen MR) is 81.9 cm³/mol. The molecule has 3 nitrogen and oxygen atoms in total. The maximum Gasteiger partial charge on any atom is 0.120 e. The Balaban J connectivity index is 1.55. The summed E-state index contributed by atoms with van der Waals surface area (Å²) in [4.78, 5) is 2.46. The van der Waals surface area contributed by atoms with Gasteiger partial charge >= 0.3 is 0 Å². The van der Waals surface area contributed by atoms with Gasteiger partial charge < -0.3 is 14.6 Å². The third-order valence-electron chi connectivity index (χ3n) is 3.99. The Kier molecular flexibility index (Phi) is 4.07. The van der Waals surface area contributed by atoms with Crippen LogP contribution >= 0.6 is 0 Å². The Morgan fingerprint density at radius 1 is 1.15 bits per heavy atom. The number of hydrogen-bond donors (Lipinski definition) is 1. The summed E-state index contributed by atoms with van der Waals surface area (Å²) in [5.41, 5.74) is 2.66. The van der Waals surface area contributed by atoms with Gasteiger partial charge in [0.15, 0.2) is 0 Å². The van der Waals surface area contributed by atoms with Crippen LogP contribution in [0.2, 0.25) is 0 Å². The maximum atomic E-state index is 5.40. The molecule has 3 rings (SSSR count). The van der Waals surface area contributed by atoms with Crippen molar-refractivity contribution in [3.63, 3.8) is 0 Å². The zero-order valence-electron chi connectivity index (χ0n) is 12.0. The third kappa shape index (κ3) is 3.05. The number of hydrogen-bond acceptors (Lipinski definition) is 3. The molecule has 3 heteroatoms. The number of nitrogens with zero attached hydrogens (tertiary/aromatic N) is 1. The van der Waals surface area contributed by atoms with Crippen molar-refractivity contribution in [3.8, 4) is 0 Å². The van der Waals surface area contributed by atoms with Crippen molar-refractivity contribution in [2.75, 3.05) is 18.0 Å². The summed E-state index contributed by atoms with van der Waals surface area (Å²) in [6.07, 6.45) is 4.37. The van der Waals surface area contributed by atoms with Gasteiger partial charge in [-0.2, -0.15) is 0 Å². The van der Waals surface area contributed by atoms with E-state index in [1.807, 2.05) is 12.1 Å². The van der Waals surface area contributed by atoms with Crippen molar-refractivity contribution in [1.82, 2.24) is 5.32 Å². The van der Waals surface area contributed by atoms with E-state index < -0.39 is 0 Å². The fourth-order valence-electron chi connectivity index (χ4n) is 2.71. The van der Waals surface area contributed by atoms with Crippen molar-refractivity contribution >= 4 is 5.69 Å². The Bertz CT molecular complexity index is 512. The van der Waals surface area contributed by atoms with Gasteiger partial charge in [0.25, 0.3) is 0 Å². The van der Waals surface area contributed by atoms with E-state index in [4.69, 9.17) is 4.42 Å². The van der Waals surface area contributed by atoms with Crippen LogP contribution in [0.25, 0.3) is 0 Å². The normalized spacial score (nSPS) is 16.6. The molecule has 0 saturated carbocycles. The standard InChI is InChI=1S/C17H22N2O/c1-14(17-5-4-12-20-17)18-13-15-6-8-16(9-7-15)19-10-2-3-11-19/h4-9,12,14,18H,2-3,10-11,13H2,1H3. The quantitative estimate of drug-likeness (QED) is 0.897. The molecule has 106 valence electrons. The van der Waals surface area contributed by atoms with Gasteiger partial charge in [0.2, 0.25) is 0 Å².